The number of nitrogens with zero attached hydrogens (tertiary/aromatic N) is 2. The minimum Gasteiger partial charge on any atom is -0.358 e. The van der Waals surface area contributed by atoms with Crippen LogP contribution in [-0.2, 0) is 17.6 Å². The van der Waals surface area contributed by atoms with E-state index >= 15 is 0 Å². The van der Waals surface area contributed by atoms with Gasteiger partial charge in [0.05, 0.1) is 0 Å². The summed E-state index contributed by atoms with van der Waals surface area (Å²) in [5.74, 6) is 0.321. The molecule has 0 bridgehead atoms. The fraction of sp³-hybridized carbons (Fsp3) is 0.500. The summed E-state index contributed by atoms with van der Waals surface area (Å²) in [6.07, 6.45) is 2.48. The predicted octanol–water partition coefficient (Wildman–Crippen LogP) is 3.25. The van der Waals surface area contributed by atoms with Crippen molar-refractivity contribution in [3.05, 3.63) is 35.0 Å². The van der Waals surface area contributed by atoms with Gasteiger partial charge in [-0.2, -0.15) is 0 Å². The summed E-state index contributed by atoms with van der Waals surface area (Å²) < 4.78 is 0. The molecule has 2 heterocycles. The lowest BCUT2D eigenvalue weighted by Crippen LogP contribution is -2.44. The Morgan fingerprint density at radius 1 is 1.28 bits per heavy atom. The smallest absolute Gasteiger partial charge is 0.327 e. The van der Waals surface area contributed by atoms with E-state index in [0.717, 1.165) is 24.8 Å². The summed E-state index contributed by atoms with van der Waals surface area (Å²) in [6.45, 7) is 7.11. The van der Waals surface area contributed by atoms with Crippen LogP contribution in [0.15, 0.2) is 18.2 Å². The maximum Gasteiger partial charge on any atom is 0.327 e. The summed E-state index contributed by atoms with van der Waals surface area (Å²) in [7, 11) is 0. The number of aromatic amines is 1. The lowest BCUT2D eigenvalue weighted by molar-refractivity contribution is -0.127. The molecule has 0 spiro atoms. The topological polar surface area (TPSA) is 56.4 Å². The molecule has 0 radical (unpaired) electrons. The Morgan fingerprint density at radius 2 is 2.08 bits per heavy atom. The normalized spacial score (nSPS) is 20.9. The van der Waals surface area contributed by atoms with E-state index in [0.29, 0.717) is 12.5 Å². The van der Waals surface area contributed by atoms with Gasteiger partial charge in [0.2, 0.25) is 0 Å². The van der Waals surface area contributed by atoms with Crippen LogP contribution in [0, 0.1) is 12.8 Å². The lowest BCUT2D eigenvalue weighted by atomic mass is 9.90. The van der Waals surface area contributed by atoms with Crippen molar-refractivity contribution >= 4 is 22.8 Å². The molecule has 25 heavy (non-hydrogen) atoms. The van der Waals surface area contributed by atoms with Crippen molar-refractivity contribution in [1.29, 1.82) is 0 Å². The molecule has 0 unspecified atom stereocenters. The zero-order valence-corrected chi connectivity index (χ0v) is 15.1. The van der Waals surface area contributed by atoms with Gasteiger partial charge in [0.1, 0.15) is 6.54 Å². The van der Waals surface area contributed by atoms with Crippen LogP contribution in [0.1, 0.15) is 37.1 Å². The number of carbonyl (C=O) groups excluding carboxylic acids is 2. The fourth-order valence-electron chi connectivity index (χ4n) is 4.24. The van der Waals surface area contributed by atoms with Gasteiger partial charge in [0.15, 0.2) is 0 Å². The van der Waals surface area contributed by atoms with Crippen molar-refractivity contribution in [1.82, 2.24) is 14.8 Å². The van der Waals surface area contributed by atoms with E-state index in [2.05, 4.69) is 44.0 Å². The maximum atomic E-state index is 12.7. The molecule has 2 aromatic rings. The highest BCUT2D eigenvalue weighted by atomic mass is 16.2. The van der Waals surface area contributed by atoms with Gasteiger partial charge < -0.3 is 9.88 Å². The van der Waals surface area contributed by atoms with E-state index in [4.69, 9.17) is 0 Å². The van der Waals surface area contributed by atoms with Crippen molar-refractivity contribution in [2.24, 2.45) is 5.92 Å². The summed E-state index contributed by atoms with van der Waals surface area (Å²) in [4.78, 5) is 32.0. The molecule has 0 saturated carbocycles. The van der Waals surface area contributed by atoms with Crippen LogP contribution in [-0.4, -0.2) is 45.9 Å². The number of hydrogen-bond acceptors (Lipinski definition) is 2. The Balaban J connectivity index is 1.62. The van der Waals surface area contributed by atoms with Crippen LogP contribution in [0.4, 0.5) is 4.79 Å². The van der Waals surface area contributed by atoms with Gasteiger partial charge in [-0.15, -0.1) is 0 Å². The monoisotopic (exact) mass is 339 g/mol. The molecule has 4 rings (SSSR count). The molecular formula is C20H25N3O2. The fourth-order valence-corrected chi connectivity index (χ4v) is 4.24. The van der Waals surface area contributed by atoms with Crippen LogP contribution in [0.5, 0.6) is 0 Å². The number of aromatic nitrogens is 1. The maximum absolute atomic E-state index is 12.7. The Morgan fingerprint density at radius 3 is 2.84 bits per heavy atom. The van der Waals surface area contributed by atoms with E-state index in [1.807, 2.05) is 0 Å². The van der Waals surface area contributed by atoms with Gasteiger partial charge in [-0.3, -0.25) is 9.69 Å². The molecule has 1 atom stereocenters. The van der Waals surface area contributed by atoms with Crippen LogP contribution < -0.4 is 0 Å². The van der Waals surface area contributed by atoms with Crippen molar-refractivity contribution in [2.75, 3.05) is 13.1 Å². The first-order chi connectivity index (χ1) is 11.9. The number of benzene rings is 1. The molecule has 1 N–H and O–H groups in total. The lowest BCUT2D eigenvalue weighted by Gasteiger charge is -2.30. The largest absolute Gasteiger partial charge is 0.358 e. The molecule has 1 saturated heterocycles. The van der Waals surface area contributed by atoms with Gasteiger partial charge >= 0.3 is 6.03 Å². The number of aryl methyl sites for hydroxylation is 2. The highest BCUT2D eigenvalue weighted by Gasteiger charge is 2.41. The Bertz CT molecular complexity index is 852. The van der Waals surface area contributed by atoms with Crippen LogP contribution in [0.25, 0.3) is 10.9 Å². The SMILES string of the molecule is Cc1ccc2[nH]c3c(c2c1)C[C@@H](N1C(=O)CN(CC(C)C)C1=O)CC3. The van der Waals surface area contributed by atoms with Crippen LogP contribution in [0.2, 0.25) is 0 Å². The minimum absolute atomic E-state index is 0.0239. The highest BCUT2D eigenvalue weighted by Crippen LogP contribution is 2.33. The molecule has 1 aliphatic carbocycles. The van der Waals surface area contributed by atoms with E-state index in [9.17, 15) is 9.59 Å². The van der Waals surface area contributed by atoms with Gasteiger partial charge in [0, 0.05) is 29.2 Å². The molecule has 1 aromatic carbocycles. The average molecular weight is 339 g/mol. The second kappa shape index (κ2) is 5.90. The van der Waals surface area contributed by atoms with Gasteiger partial charge in [-0.25, -0.2) is 4.79 Å². The van der Waals surface area contributed by atoms with Crippen molar-refractivity contribution < 1.29 is 9.59 Å². The van der Waals surface area contributed by atoms with E-state index in [-0.39, 0.29) is 24.5 Å². The summed E-state index contributed by atoms with van der Waals surface area (Å²) >= 11 is 0. The first-order valence-electron chi connectivity index (χ1n) is 9.15. The van der Waals surface area contributed by atoms with E-state index in [1.165, 1.54) is 27.1 Å². The van der Waals surface area contributed by atoms with Gasteiger partial charge in [-0.05, 0) is 49.8 Å². The molecule has 3 amide bonds. The van der Waals surface area contributed by atoms with Crippen LogP contribution >= 0.6 is 0 Å². The molecule has 5 heteroatoms. The number of fused-ring (bicyclic) bond motifs is 3. The molecule has 1 fully saturated rings. The van der Waals surface area contributed by atoms with E-state index in [1.54, 1.807) is 4.90 Å². The van der Waals surface area contributed by atoms with Crippen molar-refractivity contribution in [3.63, 3.8) is 0 Å². The summed E-state index contributed by atoms with van der Waals surface area (Å²) in [5.41, 5.74) is 4.91. The first kappa shape index (κ1) is 16.2. The van der Waals surface area contributed by atoms with Crippen molar-refractivity contribution in [2.45, 2.75) is 46.1 Å². The number of urea groups is 1. The number of rotatable bonds is 3. The Hall–Kier alpha value is -2.30. The standard InChI is InChI=1S/C20H25N3O2/c1-12(2)10-22-11-19(24)23(20(22)25)14-5-7-18-16(9-14)15-8-13(3)4-6-17(15)21-18/h4,6,8,12,14,21H,5,7,9-11H2,1-3H3/t14-/m0/s1. The predicted molar refractivity (Wildman–Crippen MR) is 97.5 cm³/mol. The number of carbonyl (C=O) groups is 2. The minimum atomic E-state index is -0.108. The number of nitrogens with one attached hydrogen (secondary N) is 1. The second-order valence-corrected chi connectivity index (χ2v) is 7.85. The zero-order chi connectivity index (χ0) is 17.7. The third-order valence-corrected chi connectivity index (χ3v) is 5.34. The quantitative estimate of drug-likeness (QED) is 0.873. The summed E-state index contributed by atoms with van der Waals surface area (Å²) in [6, 6.07) is 6.30. The molecule has 1 aromatic heterocycles. The van der Waals surface area contributed by atoms with Crippen molar-refractivity contribution in [3.8, 4) is 0 Å². The molecular weight excluding hydrogens is 314 g/mol. The van der Waals surface area contributed by atoms with Gasteiger partial charge in [0.25, 0.3) is 5.91 Å². The Kier molecular flexibility index (Phi) is 3.82. The second-order valence-electron chi connectivity index (χ2n) is 7.85. The Labute approximate surface area is 148 Å². The van der Waals surface area contributed by atoms with Crippen LogP contribution in [0.3, 0.4) is 0 Å². The number of H-pyrrole nitrogens is 1. The third kappa shape index (κ3) is 2.71. The number of imide groups is 1. The van der Waals surface area contributed by atoms with E-state index < -0.39 is 0 Å². The van der Waals surface area contributed by atoms with Gasteiger partial charge in [-0.1, -0.05) is 25.5 Å². The summed E-state index contributed by atoms with van der Waals surface area (Å²) in [5, 5.41) is 1.23. The molecule has 2 aliphatic rings. The average Bonchev–Trinajstić information content (AvgIpc) is 3.04. The molecule has 5 nitrogen and oxygen atoms in total. The zero-order valence-electron chi connectivity index (χ0n) is 15.1. The number of amides is 3. The highest BCUT2D eigenvalue weighted by molar-refractivity contribution is 6.02. The molecule has 132 valence electrons. The third-order valence-electron chi connectivity index (χ3n) is 5.34. The number of hydrogen-bond donors (Lipinski definition) is 1. The first-order valence-corrected chi connectivity index (χ1v) is 9.15. The molecule has 1 aliphatic heterocycles.